The van der Waals surface area contributed by atoms with Crippen molar-refractivity contribution in [2.24, 2.45) is 5.73 Å². The number of hydrogen-bond acceptors (Lipinski definition) is 3. The molecule has 1 aromatic rings. The molecule has 0 fully saturated rings. The molecule has 0 radical (unpaired) electrons. The van der Waals surface area contributed by atoms with Crippen LogP contribution in [0, 0.1) is 6.92 Å². The second-order valence-electron chi connectivity index (χ2n) is 3.97. The highest BCUT2D eigenvalue weighted by Gasteiger charge is 2.26. The molecule has 0 aliphatic rings. The van der Waals surface area contributed by atoms with Gasteiger partial charge in [0.2, 0.25) is 10.0 Å². The van der Waals surface area contributed by atoms with E-state index < -0.39 is 10.0 Å². The smallest absolute Gasteiger partial charge is 0.243 e. The van der Waals surface area contributed by atoms with Crippen LogP contribution in [0.3, 0.4) is 0 Å². The average Bonchev–Trinajstić information content (AvgIpc) is 2.30. The average molecular weight is 358 g/mol. The minimum absolute atomic E-state index is 0. The molecule has 1 unspecified atom stereocenters. The van der Waals surface area contributed by atoms with Crippen LogP contribution >= 0.6 is 28.3 Å². The Morgan fingerprint density at radius 2 is 2.00 bits per heavy atom. The molecule has 0 aliphatic heterocycles. The zero-order chi connectivity index (χ0) is 13.2. The molecule has 0 saturated heterocycles. The summed E-state index contributed by atoms with van der Waals surface area (Å²) in [5.41, 5.74) is 6.21. The van der Waals surface area contributed by atoms with Gasteiger partial charge in [-0.05, 0) is 31.5 Å². The van der Waals surface area contributed by atoms with E-state index in [1.807, 2.05) is 6.07 Å². The zero-order valence-corrected chi connectivity index (χ0v) is 13.8. The number of hydrogen-bond donors (Lipinski definition) is 1. The van der Waals surface area contributed by atoms with E-state index in [0.717, 1.165) is 4.47 Å². The Morgan fingerprint density at radius 3 is 2.50 bits per heavy atom. The molecular weight excluding hydrogens is 340 g/mol. The summed E-state index contributed by atoms with van der Waals surface area (Å²) in [7, 11) is -1.93. The fourth-order valence-electron chi connectivity index (χ4n) is 1.41. The molecule has 7 heteroatoms. The molecule has 0 amide bonds. The summed E-state index contributed by atoms with van der Waals surface area (Å²) in [5.74, 6) is 0. The van der Waals surface area contributed by atoms with E-state index in [2.05, 4.69) is 15.9 Å². The third-order valence-corrected chi connectivity index (χ3v) is 5.81. The van der Waals surface area contributed by atoms with Crippen molar-refractivity contribution < 1.29 is 8.42 Å². The zero-order valence-electron chi connectivity index (χ0n) is 10.6. The first kappa shape index (κ1) is 17.9. The van der Waals surface area contributed by atoms with Gasteiger partial charge in [-0.15, -0.1) is 12.4 Å². The second kappa shape index (κ2) is 6.86. The number of halogens is 2. The molecule has 0 heterocycles. The van der Waals surface area contributed by atoms with Crippen LogP contribution in [-0.2, 0) is 10.0 Å². The molecule has 0 saturated carbocycles. The molecule has 1 atom stereocenters. The Labute approximate surface area is 123 Å². The summed E-state index contributed by atoms with van der Waals surface area (Å²) in [4.78, 5) is 0.315. The first-order valence-corrected chi connectivity index (χ1v) is 7.49. The molecule has 2 N–H and O–H groups in total. The van der Waals surface area contributed by atoms with Crippen LogP contribution in [0.1, 0.15) is 12.5 Å². The van der Waals surface area contributed by atoms with E-state index in [9.17, 15) is 8.42 Å². The van der Waals surface area contributed by atoms with E-state index in [0.29, 0.717) is 17.0 Å². The summed E-state index contributed by atoms with van der Waals surface area (Å²) < 4.78 is 26.8. The maximum Gasteiger partial charge on any atom is 0.243 e. The predicted molar refractivity (Wildman–Crippen MR) is 79.6 cm³/mol. The van der Waals surface area contributed by atoms with Crippen LogP contribution in [0.25, 0.3) is 0 Å². The third-order valence-electron chi connectivity index (χ3n) is 2.84. The third kappa shape index (κ3) is 3.45. The van der Waals surface area contributed by atoms with E-state index in [1.54, 1.807) is 33.0 Å². The summed E-state index contributed by atoms with van der Waals surface area (Å²) in [6, 6.07) is 4.92. The minimum Gasteiger partial charge on any atom is -0.329 e. The SMILES string of the molecule is Cc1c(Br)cccc1S(=O)(=O)N(C)C(C)CN.Cl. The van der Waals surface area contributed by atoms with Crippen molar-refractivity contribution in [2.75, 3.05) is 13.6 Å². The second-order valence-corrected chi connectivity index (χ2v) is 6.79. The van der Waals surface area contributed by atoms with Crippen molar-refractivity contribution in [1.29, 1.82) is 0 Å². The van der Waals surface area contributed by atoms with Crippen molar-refractivity contribution in [3.8, 4) is 0 Å². The lowest BCUT2D eigenvalue weighted by Crippen LogP contribution is -2.39. The summed E-state index contributed by atoms with van der Waals surface area (Å²) in [6.07, 6.45) is 0. The molecule has 0 aromatic heterocycles. The number of nitrogens with two attached hydrogens (primary N) is 1. The number of nitrogens with zero attached hydrogens (tertiary/aromatic N) is 1. The lowest BCUT2D eigenvalue weighted by molar-refractivity contribution is 0.394. The molecular formula is C11H18BrClN2O2S. The van der Waals surface area contributed by atoms with Gasteiger partial charge in [0.1, 0.15) is 0 Å². The van der Waals surface area contributed by atoms with E-state index in [1.165, 1.54) is 4.31 Å². The number of rotatable bonds is 4. The normalized spacial score (nSPS) is 13.2. The molecule has 1 aromatic carbocycles. The van der Waals surface area contributed by atoms with Gasteiger partial charge in [0.25, 0.3) is 0 Å². The molecule has 4 nitrogen and oxygen atoms in total. The largest absolute Gasteiger partial charge is 0.329 e. The van der Waals surface area contributed by atoms with Crippen LogP contribution in [0.4, 0.5) is 0 Å². The minimum atomic E-state index is -3.48. The van der Waals surface area contributed by atoms with Crippen LogP contribution in [-0.4, -0.2) is 32.4 Å². The molecule has 18 heavy (non-hydrogen) atoms. The first-order valence-electron chi connectivity index (χ1n) is 5.25. The van der Waals surface area contributed by atoms with E-state index in [4.69, 9.17) is 5.73 Å². The van der Waals surface area contributed by atoms with Crippen molar-refractivity contribution >= 4 is 38.4 Å². The van der Waals surface area contributed by atoms with Crippen molar-refractivity contribution in [3.05, 3.63) is 28.2 Å². The van der Waals surface area contributed by atoms with Crippen molar-refractivity contribution in [2.45, 2.75) is 24.8 Å². The van der Waals surface area contributed by atoms with Crippen LogP contribution in [0.15, 0.2) is 27.6 Å². The van der Waals surface area contributed by atoms with Gasteiger partial charge in [0.05, 0.1) is 4.90 Å². The molecule has 1 rings (SSSR count). The topological polar surface area (TPSA) is 63.4 Å². The number of sulfonamides is 1. The van der Waals surface area contributed by atoms with Crippen molar-refractivity contribution in [3.63, 3.8) is 0 Å². The summed E-state index contributed by atoms with van der Waals surface area (Å²) in [5, 5.41) is 0. The van der Waals surface area contributed by atoms with Crippen LogP contribution < -0.4 is 5.73 Å². The molecule has 0 bridgehead atoms. The van der Waals surface area contributed by atoms with Gasteiger partial charge in [-0.1, -0.05) is 22.0 Å². The van der Waals surface area contributed by atoms with Gasteiger partial charge in [-0.25, -0.2) is 8.42 Å². The predicted octanol–water partition coefficient (Wildman–Crippen LogP) is 2.15. The van der Waals surface area contributed by atoms with Gasteiger partial charge >= 0.3 is 0 Å². The Bertz CT molecular complexity index is 508. The Balaban J connectivity index is 0.00000289. The Hall–Kier alpha value is -0.140. The van der Waals surface area contributed by atoms with Gasteiger partial charge in [0.15, 0.2) is 0 Å². The quantitative estimate of drug-likeness (QED) is 0.898. The summed E-state index contributed by atoms with van der Waals surface area (Å²) >= 11 is 3.33. The standard InChI is InChI=1S/C11H17BrN2O2S.ClH/c1-8(7-13)14(3)17(15,16)11-6-4-5-10(12)9(11)2;/h4-6,8H,7,13H2,1-3H3;1H. The lowest BCUT2D eigenvalue weighted by atomic mass is 10.2. The van der Waals surface area contributed by atoms with Crippen LogP contribution in [0.5, 0.6) is 0 Å². The van der Waals surface area contributed by atoms with E-state index in [-0.39, 0.29) is 18.4 Å². The van der Waals surface area contributed by atoms with Gasteiger partial charge < -0.3 is 5.73 Å². The number of benzene rings is 1. The molecule has 104 valence electrons. The molecule has 0 spiro atoms. The highest BCUT2D eigenvalue weighted by molar-refractivity contribution is 9.10. The maximum absolute atomic E-state index is 12.4. The lowest BCUT2D eigenvalue weighted by Gasteiger charge is -2.24. The Kier molecular flexibility index (Phi) is 6.81. The highest BCUT2D eigenvalue weighted by Crippen LogP contribution is 2.25. The van der Waals surface area contributed by atoms with Gasteiger partial charge in [-0.2, -0.15) is 4.31 Å². The van der Waals surface area contributed by atoms with Crippen molar-refractivity contribution in [1.82, 2.24) is 4.31 Å². The fourth-order valence-corrected chi connectivity index (χ4v) is 3.52. The fraction of sp³-hybridized carbons (Fsp3) is 0.455. The summed E-state index contributed by atoms with van der Waals surface area (Å²) in [6.45, 7) is 3.85. The highest BCUT2D eigenvalue weighted by atomic mass is 79.9. The number of likely N-dealkylation sites (N-methyl/N-ethyl adjacent to an activating group) is 1. The Morgan fingerprint density at radius 1 is 1.44 bits per heavy atom. The van der Waals surface area contributed by atoms with Gasteiger partial charge in [-0.3, -0.25) is 0 Å². The first-order chi connectivity index (χ1) is 7.82. The maximum atomic E-state index is 12.4. The monoisotopic (exact) mass is 356 g/mol. The van der Waals surface area contributed by atoms with Gasteiger partial charge in [0, 0.05) is 24.1 Å². The van der Waals surface area contributed by atoms with Crippen LogP contribution in [0.2, 0.25) is 0 Å². The van der Waals surface area contributed by atoms with E-state index >= 15 is 0 Å². The molecule has 0 aliphatic carbocycles.